The first-order valence-electron chi connectivity index (χ1n) is 12.3. The molecule has 1 saturated heterocycles. The van der Waals surface area contributed by atoms with Crippen LogP contribution in [-0.2, 0) is 9.53 Å². The predicted molar refractivity (Wildman–Crippen MR) is 137 cm³/mol. The lowest BCUT2D eigenvalue weighted by molar-refractivity contribution is -0.149. The van der Waals surface area contributed by atoms with Gasteiger partial charge in [-0.3, -0.25) is 9.59 Å². The fraction of sp³-hybridized carbons (Fsp3) is 0.429. The Morgan fingerprint density at radius 3 is 2.50 bits per heavy atom. The van der Waals surface area contributed by atoms with Crippen LogP contribution in [0.1, 0.15) is 25.5 Å². The number of esters is 1. The van der Waals surface area contributed by atoms with Crippen molar-refractivity contribution >= 4 is 16.9 Å². The molecule has 0 radical (unpaired) electrons. The molecule has 2 heterocycles. The molecule has 3 aromatic rings. The number of ether oxygens (including phenoxy) is 3. The maximum absolute atomic E-state index is 13.2. The minimum absolute atomic E-state index is 0.0597. The van der Waals surface area contributed by atoms with Gasteiger partial charge in [0.15, 0.2) is 0 Å². The maximum atomic E-state index is 13.2. The number of fused-ring (bicyclic) bond motifs is 1. The van der Waals surface area contributed by atoms with E-state index in [9.17, 15) is 14.7 Å². The Kier molecular flexibility index (Phi) is 8.28. The van der Waals surface area contributed by atoms with Crippen LogP contribution < -0.4 is 14.9 Å². The SMILES string of the molecule is CCOC(=O)C1CCN(C[C@H](O)COc2ccc3c(=O)c(-c4ccc(OC)cc4)c(C)oc3c2)CC1. The summed E-state index contributed by atoms with van der Waals surface area (Å²) in [5.41, 5.74) is 1.60. The highest BCUT2D eigenvalue weighted by molar-refractivity contribution is 5.83. The van der Waals surface area contributed by atoms with Crippen molar-refractivity contribution in [2.45, 2.75) is 32.8 Å². The van der Waals surface area contributed by atoms with Crippen LogP contribution in [0.3, 0.4) is 0 Å². The summed E-state index contributed by atoms with van der Waals surface area (Å²) in [4.78, 5) is 27.2. The molecular weight excluding hydrogens is 462 g/mol. The van der Waals surface area contributed by atoms with Crippen LogP contribution >= 0.6 is 0 Å². The van der Waals surface area contributed by atoms with Gasteiger partial charge in [-0.15, -0.1) is 0 Å². The number of aliphatic hydroxyl groups excluding tert-OH is 1. The second-order valence-electron chi connectivity index (χ2n) is 9.04. The number of hydrogen-bond acceptors (Lipinski definition) is 8. The van der Waals surface area contributed by atoms with E-state index in [1.165, 1.54) is 0 Å². The average molecular weight is 496 g/mol. The fourth-order valence-electron chi connectivity index (χ4n) is 4.62. The summed E-state index contributed by atoms with van der Waals surface area (Å²) in [7, 11) is 1.60. The molecule has 8 heteroatoms. The third kappa shape index (κ3) is 5.88. The molecule has 1 fully saturated rings. The Bertz CT molecular complexity index is 1240. The van der Waals surface area contributed by atoms with Crippen LogP contribution in [-0.4, -0.2) is 62.0 Å². The van der Waals surface area contributed by atoms with Gasteiger partial charge in [0.25, 0.3) is 0 Å². The van der Waals surface area contributed by atoms with Gasteiger partial charge in [0.05, 0.1) is 30.6 Å². The summed E-state index contributed by atoms with van der Waals surface area (Å²) in [6.07, 6.45) is 0.771. The molecule has 1 atom stereocenters. The number of benzene rings is 2. The molecule has 0 amide bonds. The second kappa shape index (κ2) is 11.6. The van der Waals surface area contributed by atoms with E-state index in [0.717, 1.165) is 31.5 Å². The molecule has 4 rings (SSSR count). The van der Waals surface area contributed by atoms with Crippen molar-refractivity contribution in [1.82, 2.24) is 4.90 Å². The standard InChI is InChI=1S/C28H33NO7/c1-4-34-28(32)20-11-13-29(14-12-20)16-21(30)17-35-23-9-10-24-25(15-23)36-18(2)26(27(24)31)19-5-7-22(33-3)8-6-19/h5-10,15,20-21,30H,4,11-14,16-17H2,1-3H3/t21-/m0/s1. The third-order valence-corrected chi connectivity index (χ3v) is 6.54. The average Bonchev–Trinajstić information content (AvgIpc) is 2.88. The van der Waals surface area contributed by atoms with Gasteiger partial charge in [-0.1, -0.05) is 12.1 Å². The third-order valence-electron chi connectivity index (χ3n) is 6.54. The van der Waals surface area contributed by atoms with Crippen LogP contribution in [0, 0.1) is 12.8 Å². The van der Waals surface area contributed by atoms with Crippen LogP contribution in [0.2, 0.25) is 0 Å². The Morgan fingerprint density at radius 2 is 1.83 bits per heavy atom. The highest BCUT2D eigenvalue weighted by Gasteiger charge is 2.27. The van der Waals surface area contributed by atoms with Gasteiger partial charge in [0.1, 0.15) is 35.6 Å². The lowest BCUT2D eigenvalue weighted by atomic mass is 9.97. The highest BCUT2D eigenvalue weighted by atomic mass is 16.5. The summed E-state index contributed by atoms with van der Waals surface area (Å²) in [6.45, 7) is 6.01. The maximum Gasteiger partial charge on any atom is 0.309 e. The summed E-state index contributed by atoms with van der Waals surface area (Å²) in [5, 5.41) is 10.9. The summed E-state index contributed by atoms with van der Waals surface area (Å²) < 4.78 is 22.1. The van der Waals surface area contributed by atoms with E-state index in [-0.39, 0.29) is 23.9 Å². The molecule has 36 heavy (non-hydrogen) atoms. The van der Waals surface area contributed by atoms with Crippen molar-refractivity contribution in [2.75, 3.05) is 40.0 Å². The largest absolute Gasteiger partial charge is 0.497 e. The van der Waals surface area contributed by atoms with E-state index in [0.29, 0.717) is 46.9 Å². The molecular formula is C28H33NO7. The van der Waals surface area contributed by atoms with Gasteiger partial charge in [0, 0.05) is 12.6 Å². The Balaban J connectivity index is 1.37. The van der Waals surface area contributed by atoms with E-state index < -0.39 is 6.10 Å². The van der Waals surface area contributed by atoms with Gasteiger partial charge < -0.3 is 28.6 Å². The van der Waals surface area contributed by atoms with Crippen molar-refractivity contribution in [3.05, 3.63) is 58.4 Å². The highest BCUT2D eigenvalue weighted by Crippen LogP contribution is 2.28. The van der Waals surface area contributed by atoms with Crippen molar-refractivity contribution in [3.63, 3.8) is 0 Å². The van der Waals surface area contributed by atoms with Gasteiger partial charge in [-0.2, -0.15) is 0 Å². The quantitative estimate of drug-likeness (QED) is 0.448. The molecule has 1 N–H and O–H groups in total. The predicted octanol–water partition coefficient (Wildman–Crippen LogP) is 3.79. The normalized spacial score (nSPS) is 15.6. The molecule has 0 aliphatic carbocycles. The number of hydrogen-bond donors (Lipinski definition) is 1. The Morgan fingerprint density at radius 1 is 1.14 bits per heavy atom. The number of piperidine rings is 1. The molecule has 0 bridgehead atoms. The molecule has 1 aromatic heterocycles. The molecule has 1 aliphatic heterocycles. The van der Waals surface area contributed by atoms with Crippen molar-refractivity contribution in [1.29, 1.82) is 0 Å². The van der Waals surface area contributed by atoms with E-state index in [1.54, 1.807) is 32.2 Å². The van der Waals surface area contributed by atoms with Crippen LogP contribution in [0.15, 0.2) is 51.7 Å². The Labute approximate surface area is 210 Å². The van der Waals surface area contributed by atoms with Gasteiger partial charge in [0.2, 0.25) is 5.43 Å². The van der Waals surface area contributed by atoms with Crippen molar-refractivity contribution < 1.29 is 28.5 Å². The number of carbonyl (C=O) groups excluding carboxylic acids is 1. The molecule has 0 saturated carbocycles. The number of aliphatic hydroxyl groups is 1. The summed E-state index contributed by atoms with van der Waals surface area (Å²) >= 11 is 0. The second-order valence-corrected chi connectivity index (χ2v) is 9.04. The van der Waals surface area contributed by atoms with E-state index in [2.05, 4.69) is 4.90 Å². The minimum Gasteiger partial charge on any atom is -0.497 e. The number of methoxy groups -OCH3 is 1. The van der Waals surface area contributed by atoms with Crippen molar-refractivity contribution in [2.24, 2.45) is 5.92 Å². The molecule has 0 unspecified atom stereocenters. The van der Waals surface area contributed by atoms with Gasteiger partial charge in [-0.25, -0.2) is 0 Å². The lowest BCUT2D eigenvalue weighted by Crippen LogP contribution is -2.42. The lowest BCUT2D eigenvalue weighted by Gasteiger charge is -2.32. The smallest absolute Gasteiger partial charge is 0.309 e. The van der Waals surface area contributed by atoms with E-state index in [4.69, 9.17) is 18.6 Å². The van der Waals surface area contributed by atoms with Crippen LogP contribution in [0.25, 0.3) is 22.1 Å². The van der Waals surface area contributed by atoms with Gasteiger partial charge >= 0.3 is 5.97 Å². The molecule has 2 aromatic carbocycles. The van der Waals surface area contributed by atoms with E-state index >= 15 is 0 Å². The van der Waals surface area contributed by atoms with E-state index in [1.807, 2.05) is 31.2 Å². The van der Waals surface area contributed by atoms with Gasteiger partial charge in [-0.05, 0) is 69.6 Å². The fourth-order valence-corrected chi connectivity index (χ4v) is 4.62. The number of β-amino-alcohol motifs (C(OH)–C–C–N with tert-alkyl or cyclic N) is 1. The van der Waals surface area contributed by atoms with Crippen molar-refractivity contribution in [3.8, 4) is 22.6 Å². The molecule has 1 aliphatic rings. The molecule has 8 nitrogen and oxygen atoms in total. The summed E-state index contributed by atoms with van der Waals surface area (Å²) in [5.74, 6) is 1.56. The number of rotatable bonds is 9. The van der Waals surface area contributed by atoms with Crippen LogP contribution in [0.4, 0.5) is 0 Å². The first-order valence-corrected chi connectivity index (χ1v) is 12.3. The summed E-state index contributed by atoms with van der Waals surface area (Å²) in [6, 6.07) is 12.4. The minimum atomic E-state index is -0.689. The number of nitrogens with zero attached hydrogens (tertiary/aromatic N) is 1. The van der Waals surface area contributed by atoms with Crippen LogP contribution in [0.5, 0.6) is 11.5 Å². The zero-order chi connectivity index (χ0) is 25.7. The zero-order valence-electron chi connectivity index (χ0n) is 21.0. The number of aryl methyl sites for hydroxylation is 1. The topological polar surface area (TPSA) is 98.4 Å². The Hall–Kier alpha value is -3.36. The number of carbonyl (C=O) groups is 1. The monoisotopic (exact) mass is 495 g/mol. The zero-order valence-corrected chi connectivity index (χ0v) is 21.0. The molecule has 0 spiro atoms. The number of likely N-dealkylation sites (tertiary alicyclic amines) is 1. The molecule has 192 valence electrons. The first-order chi connectivity index (χ1) is 17.4. The first kappa shape index (κ1) is 25.7.